The first-order chi connectivity index (χ1) is 16.7. The van der Waals surface area contributed by atoms with Crippen molar-refractivity contribution in [2.24, 2.45) is 0 Å². The monoisotopic (exact) mass is 535 g/mol. The van der Waals surface area contributed by atoms with Crippen molar-refractivity contribution >= 4 is 58.4 Å². The van der Waals surface area contributed by atoms with Gasteiger partial charge in [-0.2, -0.15) is 0 Å². The van der Waals surface area contributed by atoms with Gasteiger partial charge < -0.3 is 19.9 Å². The highest BCUT2D eigenvalue weighted by atomic mass is 35.5. The number of halogens is 2. The summed E-state index contributed by atoms with van der Waals surface area (Å²) in [5.41, 5.74) is 1.25. The summed E-state index contributed by atoms with van der Waals surface area (Å²) in [4.78, 5) is 36.6. The second-order valence-electron chi connectivity index (χ2n) is 7.31. The number of aromatic nitrogens is 3. The molecule has 0 aliphatic carbocycles. The van der Waals surface area contributed by atoms with Crippen LogP contribution in [0, 0.1) is 0 Å². The predicted molar refractivity (Wildman–Crippen MR) is 135 cm³/mol. The van der Waals surface area contributed by atoms with Crippen molar-refractivity contribution in [1.29, 1.82) is 0 Å². The molecular weight excluding hydrogens is 513 g/mol. The molecule has 0 saturated heterocycles. The van der Waals surface area contributed by atoms with E-state index in [9.17, 15) is 14.4 Å². The molecule has 0 unspecified atom stereocenters. The molecule has 2 N–H and O–H groups in total. The average Bonchev–Trinajstić information content (AvgIpc) is 3.25. The predicted octanol–water partition coefficient (Wildman–Crippen LogP) is 4.61. The van der Waals surface area contributed by atoms with Crippen LogP contribution in [0.15, 0.2) is 47.6 Å². The minimum absolute atomic E-state index is 0.0952. The fraction of sp³-hybridized carbons (Fsp3) is 0.261. The van der Waals surface area contributed by atoms with Gasteiger partial charge in [-0.05, 0) is 56.3 Å². The maximum Gasteiger partial charge on any atom is 0.337 e. The normalized spacial score (nSPS) is 11.6. The third-order valence-corrected chi connectivity index (χ3v) is 6.41. The smallest absolute Gasteiger partial charge is 0.337 e. The van der Waals surface area contributed by atoms with Gasteiger partial charge in [0.1, 0.15) is 0 Å². The van der Waals surface area contributed by atoms with E-state index in [1.165, 1.54) is 24.9 Å². The highest BCUT2D eigenvalue weighted by Crippen LogP contribution is 2.24. The van der Waals surface area contributed by atoms with Gasteiger partial charge in [-0.15, -0.1) is 10.2 Å². The van der Waals surface area contributed by atoms with Gasteiger partial charge in [0.15, 0.2) is 11.0 Å². The Kier molecular flexibility index (Phi) is 9.13. The number of carbonyl (C=O) groups is 3. The van der Waals surface area contributed by atoms with Crippen molar-refractivity contribution in [3.63, 3.8) is 0 Å². The van der Waals surface area contributed by atoms with Gasteiger partial charge in [0.25, 0.3) is 5.91 Å². The van der Waals surface area contributed by atoms with E-state index >= 15 is 0 Å². The summed E-state index contributed by atoms with van der Waals surface area (Å²) in [6, 6.07) is 10.6. The number of rotatable bonds is 9. The lowest BCUT2D eigenvalue weighted by molar-refractivity contribution is -0.113. The molecule has 9 nitrogen and oxygen atoms in total. The van der Waals surface area contributed by atoms with Crippen molar-refractivity contribution in [2.75, 3.05) is 18.2 Å². The van der Waals surface area contributed by atoms with E-state index in [1.807, 2.05) is 11.5 Å². The zero-order valence-corrected chi connectivity index (χ0v) is 21.5. The topological polar surface area (TPSA) is 115 Å². The average molecular weight is 536 g/mol. The van der Waals surface area contributed by atoms with Crippen LogP contribution < -0.4 is 10.6 Å². The number of hydrogen-bond donors (Lipinski definition) is 2. The number of benzene rings is 2. The number of esters is 1. The number of carbonyl (C=O) groups excluding carboxylic acids is 3. The fourth-order valence-electron chi connectivity index (χ4n) is 3.17. The minimum Gasteiger partial charge on any atom is -0.465 e. The molecule has 184 valence electrons. The molecule has 0 bridgehead atoms. The highest BCUT2D eigenvalue weighted by Gasteiger charge is 2.21. The lowest BCUT2D eigenvalue weighted by Crippen LogP contribution is -2.29. The van der Waals surface area contributed by atoms with Gasteiger partial charge in [0, 0.05) is 17.3 Å². The van der Waals surface area contributed by atoms with Crippen molar-refractivity contribution in [1.82, 2.24) is 20.1 Å². The lowest BCUT2D eigenvalue weighted by atomic mass is 10.2. The summed E-state index contributed by atoms with van der Waals surface area (Å²) < 4.78 is 6.49. The number of amides is 2. The number of hydrogen-bond acceptors (Lipinski definition) is 7. The van der Waals surface area contributed by atoms with Gasteiger partial charge in [0.05, 0.1) is 35.1 Å². The summed E-state index contributed by atoms with van der Waals surface area (Å²) in [5.74, 6) is -0.414. The Balaban J connectivity index is 1.61. The zero-order chi connectivity index (χ0) is 25.5. The molecule has 0 radical (unpaired) electrons. The maximum atomic E-state index is 12.7. The molecule has 3 aromatic rings. The van der Waals surface area contributed by atoms with Crippen LogP contribution in [0.5, 0.6) is 0 Å². The number of nitrogens with one attached hydrogen (secondary N) is 2. The Morgan fingerprint density at radius 2 is 1.83 bits per heavy atom. The Labute approximate surface area is 216 Å². The standard InChI is InChI=1S/C23H23Cl2N5O4S/c1-4-30-20(13(2)26-21(32)17-10-7-15(24)11-18(17)25)28-29-23(30)35-12-19(31)27-16-8-5-14(6-9-16)22(33)34-3/h5-11,13H,4,12H2,1-3H3,(H,26,32)(H,27,31)/t13-/m1/s1. The van der Waals surface area contributed by atoms with Gasteiger partial charge in [-0.3, -0.25) is 9.59 Å². The molecule has 1 aromatic heterocycles. The summed E-state index contributed by atoms with van der Waals surface area (Å²) in [5, 5.41) is 15.3. The van der Waals surface area contributed by atoms with Gasteiger partial charge in [-0.25, -0.2) is 4.79 Å². The minimum atomic E-state index is -0.460. The van der Waals surface area contributed by atoms with E-state index in [-0.39, 0.29) is 22.6 Å². The summed E-state index contributed by atoms with van der Waals surface area (Å²) in [6.07, 6.45) is 0. The highest BCUT2D eigenvalue weighted by molar-refractivity contribution is 7.99. The van der Waals surface area contributed by atoms with Crippen molar-refractivity contribution in [2.45, 2.75) is 31.6 Å². The third-order valence-electron chi connectivity index (χ3n) is 4.89. The molecule has 0 aliphatic heterocycles. The Hall–Kier alpha value is -3.08. The van der Waals surface area contributed by atoms with Crippen LogP contribution in [-0.4, -0.2) is 45.4 Å². The van der Waals surface area contributed by atoms with E-state index < -0.39 is 12.0 Å². The van der Waals surface area contributed by atoms with Crippen LogP contribution >= 0.6 is 35.0 Å². The van der Waals surface area contributed by atoms with E-state index in [0.29, 0.717) is 39.4 Å². The number of thioether (sulfide) groups is 1. The molecule has 0 aliphatic rings. The Morgan fingerprint density at radius 3 is 2.46 bits per heavy atom. The first-order valence-electron chi connectivity index (χ1n) is 10.5. The second-order valence-corrected chi connectivity index (χ2v) is 9.10. The Morgan fingerprint density at radius 1 is 1.11 bits per heavy atom. The molecule has 0 saturated carbocycles. The van der Waals surface area contributed by atoms with Crippen LogP contribution in [0.1, 0.15) is 46.4 Å². The third kappa shape index (κ3) is 6.74. The van der Waals surface area contributed by atoms with Crippen LogP contribution in [-0.2, 0) is 16.1 Å². The van der Waals surface area contributed by atoms with Crippen LogP contribution in [0.3, 0.4) is 0 Å². The molecule has 35 heavy (non-hydrogen) atoms. The van der Waals surface area contributed by atoms with Crippen molar-refractivity contribution < 1.29 is 19.1 Å². The lowest BCUT2D eigenvalue weighted by Gasteiger charge is -2.15. The van der Waals surface area contributed by atoms with E-state index in [0.717, 1.165) is 0 Å². The van der Waals surface area contributed by atoms with E-state index in [1.54, 1.807) is 43.3 Å². The molecule has 0 fully saturated rings. The number of nitrogens with zero attached hydrogens (tertiary/aromatic N) is 3. The van der Waals surface area contributed by atoms with Gasteiger partial charge >= 0.3 is 5.97 Å². The SMILES string of the molecule is CCn1c(SCC(=O)Nc2ccc(C(=O)OC)cc2)nnc1[C@@H](C)NC(=O)c1ccc(Cl)cc1Cl. The van der Waals surface area contributed by atoms with Crippen LogP contribution in [0.25, 0.3) is 0 Å². The Bertz CT molecular complexity index is 1230. The largest absolute Gasteiger partial charge is 0.465 e. The molecular formula is C23H23Cl2N5O4S. The molecule has 0 spiro atoms. The molecule has 1 heterocycles. The van der Waals surface area contributed by atoms with Crippen molar-refractivity contribution in [3.05, 3.63) is 69.5 Å². The molecule has 12 heteroatoms. The number of methoxy groups -OCH3 is 1. The van der Waals surface area contributed by atoms with Crippen molar-refractivity contribution in [3.8, 4) is 0 Å². The van der Waals surface area contributed by atoms with Gasteiger partial charge in [0.2, 0.25) is 5.91 Å². The quantitative estimate of drug-likeness (QED) is 0.303. The number of anilines is 1. The van der Waals surface area contributed by atoms with E-state index in [2.05, 4.69) is 25.6 Å². The first-order valence-corrected chi connectivity index (χ1v) is 12.3. The summed E-state index contributed by atoms with van der Waals surface area (Å²) in [6.45, 7) is 4.25. The molecule has 2 aromatic carbocycles. The van der Waals surface area contributed by atoms with Gasteiger partial charge in [-0.1, -0.05) is 35.0 Å². The molecule has 3 rings (SSSR count). The summed E-state index contributed by atoms with van der Waals surface area (Å²) in [7, 11) is 1.31. The number of ether oxygens (including phenoxy) is 1. The van der Waals surface area contributed by atoms with Crippen LogP contribution in [0.2, 0.25) is 10.0 Å². The second kappa shape index (κ2) is 12.1. The first kappa shape index (κ1) is 26.5. The molecule has 1 atom stereocenters. The van der Waals surface area contributed by atoms with E-state index in [4.69, 9.17) is 23.2 Å². The summed E-state index contributed by atoms with van der Waals surface area (Å²) >= 11 is 13.3. The van der Waals surface area contributed by atoms with Crippen LogP contribution in [0.4, 0.5) is 5.69 Å². The fourth-order valence-corrected chi connectivity index (χ4v) is 4.48. The zero-order valence-electron chi connectivity index (χ0n) is 19.2. The molecule has 2 amide bonds. The maximum absolute atomic E-state index is 12.7.